The highest BCUT2D eigenvalue weighted by Gasteiger charge is 2.16. The summed E-state index contributed by atoms with van der Waals surface area (Å²) >= 11 is 0. The molecule has 0 fully saturated rings. The van der Waals surface area contributed by atoms with Gasteiger partial charge in [-0.25, -0.2) is 0 Å². The minimum atomic E-state index is -0.737. The number of ether oxygens (including phenoxy) is 1. The molecule has 0 aliphatic heterocycles. The molecule has 2 amide bonds. The standard InChI is InChI=1S/C20H22N2O3/c1-14-8-7-11-18(15(14)2)25-16(3)20(24)22-21-19(23)13-12-17-9-5-4-6-10-17/h4-13,16H,1-3H3,(H,21,23)(H,22,24)/b13-12+/t16-/m1/s1. The van der Waals surface area contributed by atoms with Gasteiger partial charge >= 0.3 is 0 Å². The molecule has 0 radical (unpaired) electrons. The van der Waals surface area contributed by atoms with Crippen LogP contribution in [0.3, 0.4) is 0 Å². The molecule has 5 heteroatoms. The molecule has 0 saturated carbocycles. The molecule has 0 aliphatic rings. The van der Waals surface area contributed by atoms with Crippen molar-refractivity contribution in [1.82, 2.24) is 10.9 Å². The van der Waals surface area contributed by atoms with E-state index in [2.05, 4.69) is 10.9 Å². The van der Waals surface area contributed by atoms with Crippen LogP contribution in [0.5, 0.6) is 5.75 Å². The number of amides is 2. The van der Waals surface area contributed by atoms with Crippen molar-refractivity contribution in [2.24, 2.45) is 0 Å². The van der Waals surface area contributed by atoms with Crippen LogP contribution in [0.4, 0.5) is 0 Å². The fourth-order valence-corrected chi connectivity index (χ4v) is 2.10. The number of benzene rings is 2. The Morgan fingerprint density at radius 3 is 2.44 bits per heavy atom. The van der Waals surface area contributed by atoms with E-state index >= 15 is 0 Å². The monoisotopic (exact) mass is 338 g/mol. The molecule has 2 rings (SSSR count). The molecule has 2 aromatic rings. The fraction of sp³-hybridized carbons (Fsp3) is 0.200. The second-order valence-corrected chi connectivity index (χ2v) is 5.68. The van der Waals surface area contributed by atoms with Crippen molar-refractivity contribution in [2.45, 2.75) is 26.9 Å². The first kappa shape index (κ1) is 18.3. The Balaban J connectivity index is 1.84. The summed E-state index contributed by atoms with van der Waals surface area (Å²) < 4.78 is 5.67. The maximum atomic E-state index is 12.0. The van der Waals surface area contributed by atoms with Crippen LogP contribution in [0.2, 0.25) is 0 Å². The Hall–Kier alpha value is -3.08. The van der Waals surface area contributed by atoms with Crippen LogP contribution in [0.1, 0.15) is 23.6 Å². The summed E-state index contributed by atoms with van der Waals surface area (Å²) in [4.78, 5) is 23.8. The van der Waals surface area contributed by atoms with Crippen molar-refractivity contribution in [3.63, 3.8) is 0 Å². The van der Waals surface area contributed by atoms with Gasteiger partial charge in [-0.2, -0.15) is 0 Å². The quantitative estimate of drug-likeness (QED) is 0.651. The van der Waals surface area contributed by atoms with Crippen molar-refractivity contribution in [1.29, 1.82) is 0 Å². The van der Waals surface area contributed by atoms with Crippen molar-refractivity contribution < 1.29 is 14.3 Å². The summed E-state index contributed by atoms with van der Waals surface area (Å²) in [5.74, 6) is -0.198. The lowest BCUT2D eigenvalue weighted by Gasteiger charge is -2.17. The van der Waals surface area contributed by atoms with E-state index < -0.39 is 17.9 Å². The van der Waals surface area contributed by atoms with Gasteiger partial charge in [0, 0.05) is 6.08 Å². The average molecular weight is 338 g/mol. The van der Waals surface area contributed by atoms with E-state index in [0.29, 0.717) is 5.75 Å². The zero-order valence-electron chi connectivity index (χ0n) is 14.6. The molecule has 5 nitrogen and oxygen atoms in total. The van der Waals surface area contributed by atoms with Gasteiger partial charge < -0.3 is 4.74 Å². The Kier molecular flexibility index (Phi) is 6.34. The number of hydrazine groups is 1. The highest BCUT2D eigenvalue weighted by Crippen LogP contribution is 2.21. The predicted octanol–water partition coefficient (Wildman–Crippen LogP) is 2.93. The third-order valence-electron chi connectivity index (χ3n) is 3.76. The van der Waals surface area contributed by atoms with E-state index in [1.54, 1.807) is 13.0 Å². The maximum absolute atomic E-state index is 12.0. The lowest BCUT2D eigenvalue weighted by atomic mass is 10.1. The van der Waals surface area contributed by atoms with Gasteiger partial charge in [-0.3, -0.25) is 20.4 Å². The van der Waals surface area contributed by atoms with Crippen LogP contribution in [0.15, 0.2) is 54.6 Å². The molecule has 0 aromatic heterocycles. The van der Waals surface area contributed by atoms with Crippen LogP contribution in [-0.2, 0) is 9.59 Å². The number of hydrogen-bond acceptors (Lipinski definition) is 3. The van der Waals surface area contributed by atoms with Crippen molar-refractivity contribution in [3.8, 4) is 5.75 Å². The first-order valence-corrected chi connectivity index (χ1v) is 8.03. The second-order valence-electron chi connectivity index (χ2n) is 5.68. The van der Waals surface area contributed by atoms with E-state index in [0.717, 1.165) is 16.7 Å². The molecule has 1 atom stereocenters. The first-order valence-electron chi connectivity index (χ1n) is 8.03. The minimum Gasteiger partial charge on any atom is -0.481 e. The Morgan fingerprint density at radius 2 is 1.72 bits per heavy atom. The topological polar surface area (TPSA) is 67.4 Å². The van der Waals surface area contributed by atoms with Crippen LogP contribution in [-0.4, -0.2) is 17.9 Å². The van der Waals surface area contributed by atoms with Gasteiger partial charge in [-0.1, -0.05) is 42.5 Å². The number of carbonyl (C=O) groups excluding carboxylic acids is 2. The molecule has 0 heterocycles. The van der Waals surface area contributed by atoms with Crippen LogP contribution in [0.25, 0.3) is 6.08 Å². The molecule has 0 bridgehead atoms. The number of carbonyl (C=O) groups is 2. The molecule has 25 heavy (non-hydrogen) atoms. The van der Waals surface area contributed by atoms with Crippen molar-refractivity contribution in [3.05, 3.63) is 71.3 Å². The first-order chi connectivity index (χ1) is 12.0. The van der Waals surface area contributed by atoms with Crippen molar-refractivity contribution in [2.75, 3.05) is 0 Å². The number of aryl methyl sites for hydroxylation is 1. The van der Waals surface area contributed by atoms with Crippen LogP contribution >= 0.6 is 0 Å². The summed E-state index contributed by atoms with van der Waals surface area (Å²) in [5.41, 5.74) is 7.67. The smallest absolute Gasteiger partial charge is 0.279 e. The van der Waals surface area contributed by atoms with E-state index in [1.807, 2.05) is 62.4 Å². The van der Waals surface area contributed by atoms with E-state index in [9.17, 15) is 9.59 Å². The molecule has 0 saturated heterocycles. The van der Waals surface area contributed by atoms with Gasteiger partial charge in [-0.05, 0) is 49.6 Å². The van der Waals surface area contributed by atoms with Gasteiger partial charge in [0.25, 0.3) is 11.8 Å². The molecular weight excluding hydrogens is 316 g/mol. The fourth-order valence-electron chi connectivity index (χ4n) is 2.10. The van der Waals surface area contributed by atoms with E-state index in [4.69, 9.17) is 4.74 Å². The molecule has 0 aliphatic carbocycles. The molecule has 130 valence electrons. The lowest BCUT2D eigenvalue weighted by Crippen LogP contribution is -2.46. The highest BCUT2D eigenvalue weighted by atomic mass is 16.5. The van der Waals surface area contributed by atoms with E-state index in [1.165, 1.54) is 6.08 Å². The molecule has 0 unspecified atom stereocenters. The van der Waals surface area contributed by atoms with Gasteiger partial charge in [0.2, 0.25) is 0 Å². The molecular formula is C20H22N2O3. The van der Waals surface area contributed by atoms with E-state index in [-0.39, 0.29) is 0 Å². The van der Waals surface area contributed by atoms with Crippen LogP contribution in [0, 0.1) is 13.8 Å². The normalized spacial score (nSPS) is 11.8. The Bertz CT molecular complexity index is 770. The van der Waals surface area contributed by atoms with Gasteiger partial charge in [-0.15, -0.1) is 0 Å². The summed E-state index contributed by atoms with van der Waals surface area (Å²) in [6.07, 6.45) is 2.28. The van der Waals surface area contributed by atoms with Gasteiger partial charge in [0.1, 0.15) is 5.75 Å². The third kappa shape index (κ3) is 5.49. The second kappa shape index (κ2) is 8.68. The Morgan fingerprint density at radius 1 is 1.00 bits per heavy atom. The summed E-state index contributed by atoms with van der Waals surface area (Å²) in [6, 6.07) is 15.1. The lowest BCUT2D eigenvalue weighted by molar-refractivity contribution is -0.131. The van der Waals surface area contributed by atoms with Gasteiger partial charge in [0.15, 0.2) is 6.10 Å². The number of hydrogen-bond donors (Lipinski definition) is 2. The maximum Gasteiger partial charge on any atom is 0.279 e. The summed E-state index contributed by atoms with van der Waals surface area (Å²) in [5, 5.41) is 0. The molecule has 0 spiro atoms. The SMILES string of the molecule is Cc1cccc(O[C@H](C)C(=O)NNC(=O)/C=C/c2ccccc2)c1C. The number of rotatable bonds is 5. The summed E-state index contributed by atoms with van der Waals surface area (Å²) in [7, 11) is 0. The predicted molar refractivity (Wildman–Crippen MR) is 97.8 cm³/mol. The molecule has 2 N–H and O–H groups in total. The van der Waals surface area contributed by atoms with Crippen LogP contribution < -0.4 is 15.6 Å². The summed E-state index contributed by atoms with van der Waals surface area (Å²) in [6.45, 7) is 5.54. The zero-order chi connectivity index (χ0) is 18.2. The molecule has 2 aromatic carbocycles. The number of nitrogens with one attached hydrogen (secondary N) is 2. The van der Waals surface area contributed by atoms with Crippen molar-refractivity contribution >= 4 is 17.9 Å². The Labute approximate surface area is 147 Å². The average Bonchev–Trinajstić information content (AvgIpc) is 2.62. The zero-order valence-corrected chi connectivity index (χ0v) is 14.6. The largest absolute Gasteiger partial charge is 0.481 e. The minimum absolute atomic E-state index is 0.420. The highest BCUT2D eigenvalue weighted by molar-refractivity contribution is 5.93. The van der Waals surface area contributed by atoms with Gasteiger partial charge in [0.05, 0.1) is 0 Å². The third-order valence-corrected chi connectivity index (χ3v) is 3.76.